The molecule has 4 rings (SSSR count). The highest BCUT2D eigenvalue weighted by molar-refractivity contribution is 5.79. The van der Waals surface area contributed by atoms with Crippen molar-refractivity contribution in [2.45, 2.75) is 44.1 Å². The molecule has 1 aliphatic heterocycles. The number of hydrogen-bond acceptors (Lipinski definition) is 2. The predicted molar refractivity (Wildman–Crippen MR) is 126 cm³/mol. The highest BCUT2D eigenvalue weighted by Crippen LogP contribution is 2.42. The minimum atomic E-state index is -0.379. The molecule has 0 bridgehead atoms. The standard InChI is InChI=1S/C28H29F2NO2/c1-20(21-3-5-22(6-4-21)23-7-11-25(29)12-8-23)31-17-16-28(15-2-18-32,19-27(31)33)24-9-13-26(30)14-10-24/h3-14,20,32H,2,15-19H2,1H3/t20-,28-/m0/s1. The molecule has 2 atom stereocenters. The van der Waals surface area contributed by atoms with Crippen LogP contribution in [0.5, 0.6) is 0 Å². The second-order valence-corrected chi connectivity index (χ2v) is 8.93. The lowest BCUT2D eigenvalue weighted by atomic mass is 9.69. The molecule has 33 heavy (non-hydrogen) atoms. The summed E-state index contributed by atoms with van der Waals surface area (Å²) in [4.78, 5) is 15.2. The smallest absolute Gasteiger partial charge is 0.223 e. The molecule has 172 valence electrons. The van der Waals surface area contributed by atoms with Gasteiger partial charge in [-0.2, -0.15) is 0 Å². The van der Waals surface area contributed by atoms with E-state index >= 15 is 0 Å². The molecule has 0 unspecified atom stereocenters. The molecule has 1 N–H and O–H groups in total. The highest BCUT2D eigenvalue weighted by Gasteiger charge is 2.41. The van der Waals surface area contributed by atoms with Crippen molar-refractivity contribution < 1.29 is 18.7 Å². The van der Waals surface area contributed by atoms with Crippen LogP contribution in [0.3, 0.4) is 0 Å². The maximum Gasteiger partial charge on any atom is 0.223 e. The summed E-state index contributed by atoms with van der Waals surface area (Å²) >= 11 is 0. The van der Waals surface area contributed by atoms with Crippen molar-refractivity contribution in [3.63, 3.8) is 0 Å². The Morgan fingerprint density at radius 2 is 1.45 bits per heavy atom. The summed E-state index contributed by atoms with van der Waals surface area (Å²) in [6.07, 6.45) is 2.40. The van der Waals surface area contributed by atoms with Gasteiger partial charge in [0.05, 0.1) is 6.04 Å². The van der Waals surface area contributed by atoms with Gasteiger partial charge in [-0.1, -0.05) is 48.5 Å². The van der Waals surface area contributed by atoms with Crippen LogP contribution in [0.1, 0.15) is 49.8 Å². The molecule has 0 saturated carbocycles. The van der Waals surface area contributed by atoms with E-state index in [2.05, 4.69) is 0 Å². The summed E-state index contributed by atoms with van der Waals surface area (Å²) in [7, 11) is 0. The largest absolute Gasteiger partial charge is 0.396 e. The Morgan fingerprint density at radius 1 is 0.909 bits per heavy atom. The van der Waals surface area contributed by atoms with E-state index in [4.69, 9.17) is 0 Å². The van der Waals surface area contributed by atoms with Gasteiger partial charge in [0.15, 0.2) is 0 Å². The van der Waals surface area contributed by atoms with E-state index in [1.54, 1.807) is 24.3 Å². The predicted octanol–water partition coefficient (Wildman–Crippen LogP) is 6.03. The number of amides is 1. The third kappa shape index (κ3) is 4.98. The second-order valence-electron chi connectivity index (χ2n) is 8.93. The molecule has 1 fully saturated rings. The number of halogens is 2. The van der Waals surface area contributed by atoms with Crippen LogP contribution in [0.25, 0.3) is 11.1 Å². The van der Waals surface area contributed by atoms with Crippen LogP contribution in [0.2, 0.25) is 0 Å². The van der Waals surface area contributed by atoms with Gasteiger partial charge < -0.3 is 10.0 Å². The van der Waals surface area contributed by atoms with Crippen LogP contribution in [-0.2, 0) is 10.2 Å². The third-order valence-corrected chi connectivity index (χ3v) is 6.95. The van der Waals surface area contributed by atoms with Gasteiger partial charge in [0.2, 0.25) is 5.91 Å². The molecule has 1 amide bonds. The van der Waals surface area contributed by atoms with E-state index in [-0.39, 0.29) is 35.6 Å². The Bertz CT molecular complexity index is 1080. The molecule has 0 aromatic heterocycles. The number of aliphatic hydroxyl groups is 1. The molecule has 0 spiro atoms. The Hall–Kier alpha value is -3.05. The molecule has 5 heteroatoms. The quantitative estimate of drug-likeness (QED) is 0.479. The number of likely N-dealkylation sites (tertiary alicyclic amines) is 1. The molecule has 1 saturated heterocycles. The number of nitrogens with zero attached hydrogens (tertiary/aromatic N) is 1. The minimum Gasteiger partial charge on any atom is -0.396 e. The van der Waals surface area contributed by atoms with E-state index in [9.17, 15) is 18.7 Å². The zero-order valence-corrected chi connectivity index (χ0v) is 18.8. The fourth-order valence-electron chi connectivity index (χ4n) is 4.95. The molecule has 3 nitrogen and oxygen atoms in total. The van der Waals surface area contributed by atoms with Crippen LogP contribution in [0.4, 0.5) is 8.78 Å². The number of rotatable bonds is 7. The first-order chi connectivity index (χ1) is 15.9. The lowest BCUT2D eigenvalue weighted by Crippen LogP contribution is -2.47. The lowest BCUT2D eigenvalue weighted by molar-refractivity contribution is -0.138. The van der Waals surface area contributed by atoms with Crippen molar-refractivity contribution >= 4 is 5.91 Å². The van der Waals surface area contributed by atoms with Gasteiger partial charge in [-0.3, -0.25) is 4.79 Å². The van der Waals surface area contributed by atoms with E-state index in [0.717, 1.165) is 28.7 Å². The van der Waals surface area contributed by atoms with E-state index in [0.29, 0.717) is 25.8 Å². The monoisotopic (exact) mass is 449 g/mol. The molecule has 0 aliphatic carbocycles. The van der Waals surface area contributed by atoms with Crippen LogP contribution >= 0.6 is 0 Å². The van der Waals surface area contributed by atoms with E-state index in [1.165, 1.54) is 24.3 Å². The first kappa shape index (κ1) is 23.1. The summed E-state index contributed by atoms with van der Waals surface area (Å²) in [5, 5.41) is 9.40. The first-order valence-corrected chi connectivity index (χ1v) is 11.4. The number of carbonyl (C=O) groups is 1. The number of aliphatic hydroxyl groups excluding tert-OH is 1. The molecule has 3 aromatic carbocycles. The van der Waals surface area contributed by atoms with Crippen LogP contribution < -0.4 is 0 Å². The minimum absolute atomic E-state index is 0.0671. The van der Waals surface area contributed by atoms with Crippen molar-refractivity contribution in [2.75, 3.05) is 13.2 Å². The number of hydrogen-bond donors (Lipinski definition) is 1. The average molecular weight is 450 g/mol. The number of piperidine rings is 1. The van der Waals surface area contributed by atoms with Crippen LogP contribution in [-0.4, -0.2) is 29.1 Å². The van der Waals surface area contributed by atoms with Crippen molar-refractivity contribution in [1.82, 2.24) is 4.90 Å². The van der Waals surface area contributed by atoms with Crippen LogP contribution in [0.15, 0.2) is 72.8 Å². The summed E-state index contributed by atoms with van der Waals surface area (Å²) in [6, 6.07) is 20.8. The SMILES string of the molecule is C[C@@H](c1ccc(-c2ccc(F)cc2)cc1)N1CC[C@](CCCO)(c2ccc(F)cc2)CC1=O. The maximum absolute atomic E-state index is 13.5. The molecular formula is C28H29F2NO2. The van der Waals surface area contributed by atoms with Crippen LogP contribution in [0, 0.1) is 11.6 Å². The van der Waals surface area contributed by atoms with Crippen molar-refractivity contribution in [1.29, 1.82) is 0 Å². The normalized spacial score (nSPS) is 19.5. The Kier molecular flexibility index (Phi) is 6.89. The molecule has 1 heterocycles. The van der Waals surface area contributed by atoms with E-state index in [1.807, 2.05) is 36.1 Å². The second kappa shape index (κ2) is 9.84. The van der Waals surface area contributed by atoms with Crippen molar-refractivity contribution in [3.05, 3.63) is 95.6 Å². The van der Waals surface area contributed by atoms with E-state index < -0.39 is 0 Å². The zero-order chi connectivity index (χ0) is 23.4. The van der Waals surface area contributed by atoms with Crippen molar-refractivity contribution in [3.8, 4) is 11.1 Å². The summed E-state index contributed by atoms with van der Waals surface area (Å²) in [6.45, 7) is 2.70. The average Bonchev–Trinajstić information content (AvgIpc) is 2.83. The summed E-state index contributed by atoms with van der Waals surface area (Å²) < 4.78 is 26.7. The third-order valence-electron chi connectivity index (χ3n) is 6.95. The fourth-order valence-corrected chi connectivity index (χ4v) is 4.95. The molecule has 3 aromatic rings. The molecule has 0 radical (unpaired) electrons. The Labute approximate surface area is 193 Å². The summed E-state index contributed by atoms with van der Waals surface area (Å²) in [5.41, 5.74) is 3.56. The first-order valence-electron chi connectivity index (χ1n) is 11.4. The van der Waals surface area contributed by atoms with Crippen molar-refractivity contribution in [2.24, 2.45) is 0 Å². The number of benzene rings is 3. The van der Waals surface area contributed by atoms with Gasteiger partial charge >= 0.3 is 0 Å². The fraction of sp³-hybridized carbons (Fsp3) is 0.321. The Balaban J connectivity index is 1.50. The molecule has 1 aliphatic rings. The van der Waals surface area contributed by atoms with Gasteiger partial charge in [-0.05, 0) is 72.7 Å². The van der Waals surface area contributed by atoms with Gasteiger partial charge in [0.1, 0.15) is 11.6 Å². The van der Waals surface area contributed by atoms with Gasteiger partial charge in [-0.25, -0.2) is 8.78 Å². The Morgan fingerprint density at radius 3 is 2.00 bits per heavy atom. The van der Waals surface area contributed by atoms with Gasteiger partial charge in [0, 0.05) is 25.0 Å². The highest BCUT2D eigenvalue weighted by atomic mass is 19.1. The van der Waals surface area contributed by atoms with Gasteiger partial charge in [0.25, 0.3) is 0 Å². The zero-order valence-electron chi connectivity index (χ0n) is 18.8. The summed E-state index contributed by atoms with van der Waals surface area (Å²) in [5.74, 6) is -0.487. The topological polar surface area (TPSA) is 40.5 Å². The number of carbonyl (C=O) groups excluding carboxylic acids is 1. The molecular weight excluding hydrogens is 420 g/mol. The van der Waals surface area contributed by atoms with Gasteiger partial charge in [-0.15, -0.1) is 0 Å². The maximum atomic E-state index is 13.5. The lowest BCUT2D eigenvalue weighted by Gasteiger charge is -2.44.